The molecule has 1 N–H and O–H groups in total. The molecule has 1 aliphatic rings. The van der Waals surface area contributed by atoms with Gasteiger partial charge in [-0.05, 0) is 12.5 Å². The Morgan fingerprint density at radius 3 is 2.67 bits per heavy atom. The predicted octanol–water partition coefficient (Wildman–Crippen LogP) is 0.418. The van der Waals surface area contributed by atoms with Crippen LogP contribution in [0.2, 0.25) is 0 Å². The third kappa shape index (κ3) is 2.37. The van der Waals surface area contributed by atoms with Gasteiger partial charge < -0.3 is 19.3 Å². The van der Waals surface area contributed by atoms with Crippen LogP contribution in [-0.2, 0) is 19.6 Å². The van der Waals surface area contributed by atoms with E-state index < -0.39 is 6.29 Å². The molecule has 6 nitrogen and oxygen atoms in total. The second-order valence-corrected chi connectivity index (χ2v) is 4.36. The Balaban J connectivity index is 2.26. The summed E-state index contributed by atoms with van der Waals surface area (Å²) in [5, 5.41) is 9.14. The van der Waals surface area contributed by atoms with Gasteiger partial charge in [0.2, 0.25) is 6.29 Å². The minimum absolute atomic E-state index is 0.0922. The minimum Gasteiger partial charge on any atom is -0.396 e. The second-order valence-electron chi connectivity index (χ2n) is 4.36. The van der Waals surface area contributed by atoms with Gasteiger partial charge in [0.05, 0.1) is 24.3 Å². The van der Waals surface area contributed by atoms with Gasteiger partial charge in [-0.25, -0.2) is 9.97 Å². The summed E-state index contributed by atoms with van der Waals surface area (Å²) in [6.45, 7) is 1.18. The first-order valence-electron chi connectivity index (χ1n) is 5.83. The molecule has 18 heavy (non-hydrogen) atoms. The Hall–Kier alpha value is -1.08. The van der Waals surface area contributed by atoms with E-state index in [1.54, 1.807) is 26.5 Å². The molecule has 1 aromatic rings. The zero-order valence-corrected chi connectivity index (χ0v) is 10.6. The highest BCUT2D eigenvalue weighted by Crippen LogP contribution is 2.33. The number of hydrogen-bond donors (Lipinski definition) is 1. The average Bonchev–Trinajstić information content (AvgIpc) is 2.36. The van der Waals surface area contributed by atoms with Crippen LogP contribution in [0.15, 0.2) is 12.3 Å². The Morgan fingerprint density at radius 2 is 2.17 bits per heavy atom. The van der Waals surface area contributed by atoms with Gasteiger partial charge in [-0.1, -0.05) is 0 Å². The average molecular weight is 254 g/mol. The van der Waals surface area contributed by atoms with Crippen LogP contribution in [0.4, 0.5) is 0 Å². The van der Waals surface area contributed by atoms with Gasteiger partial charge in [0.15, 0.2) is 0 Å². The SMILES string of the molecule is COC(OC)c1ccnc(C2(CCO)COC2)n1. The molecule has 1 saturated heterocycles. The van der Waals surface area contributed by atoms with Crippen molar-refractivity contribution in [3.8, 4) is 0 Å². The molecule has 0 radical (unpaired) electrons. The third-order valence-corrected chi connectivity index (χ3v) is 3.17. The number of nitrogens with zero attached hydrogens (tertiary/aromatic N) is 2. The fraction of sp³-hybridized carbons (Fsp3) is 0.667. The largest absolute Gasteiger partial charge is 0.396 e. The molecule has 1 aliphatic heterocycles. The maximum absolute atomic E-state index is 9.14. The molecule has 2 heterocycles. The molecular formula is C12H18N2O4. The van der Waals surface area contributed by atoms with E-state index in [2.05, 4.69) is 9.97 Å². The molecule has 100 valence electrons. The predicted molar refractivity (Wildman–Crippen MR) is 63.0 cm³/mol. The highest BCUT2D eigenvalue weighted by molar-refractivity contribution is 5.16. The van der Waals surface area contributed by atoms with Gasteiger partial charge in [-0.3, -0.25) is 0 Å². The first kappa shape index (κ1) is 13.4. The van der Waals surface area contributed by atoms with Crippen LogP contribution in [0.25, 0.3) is 0 Å². The number of ether oxygens (including phenoxy) is 3. The van der Waals surface area contributed by atoms with Crippen LogP contribution < -0.4 is 0 Å². The van der Waals surface area contributed by atoms with Crippen molar-refractivity contribution < 1.29 is 19.3 Å². The smallest absolute Gasteiger partial charge is 0.200 e. The normalized spacial score (nSPS) is 17.8. The lowest BCUT2D eigenvalue weighted by atomic mass is 9.81. The van der Waals surface area contributed by atoms with Crippen molar-refractivity contribution in [2.24, 2.45) is 0 Å². The molecule has 1 aromatic heterocycles. The van der Waals surface area contributed by atoms with E-state index in [9.17, 15) is 0 Å². The minimum atomic E-state index is -0.501. The monoisotopic (exact) mass is 254 g/mol. The lowest BCUT2D eigenvalue weighted by Crippen LogP contribution is -2.48. The fourth-order valence-corrected chi connectivity index (χ4v) is 2.04. The Morgan fingerprint density at radius 1 is 1.44 bits per heavy atom. The molecule has 2 rings (SSSR count). The van der Waals surface area contributed by atoms with Crippen LogP contribution in [-0.4, -0.2) is 49.1 Å². The molecule has 0 bridgehead atoms. The topological polar surface area (TPSA) is 73.7 Å². The first-order chi connectivity index (χ1) is 8.75. The van der Waals surface area contributed by atoms with Crippen molar-refractivity contribution in [1.82, 2.24) is 9.97 Å². The van der Waals surface area contributed by atoms with Crippen molar-refractivity contribution in [3.05, 3.63) is 23.8 Å². The van der Waals surface area contributed by atoms with E-state index in [0.717, 1.165) is 0 Å². The fourth-order valence-electron chi connectivity index (χ4n) is 2.04. The standard InChI is InChI=1S/C12H18N2O4/c1-16-10(17-2)9-3-5-13-11(14-9)12(4-6-15)7-18-8-12/h3,5,10,15H,4,6-8H2,1-2H3. The maximum atomic E-state index is 9.14. The van der Waals surface area contributed by atoms with E-state index in [-0.39, 0.29) is 12.0 Å². The van der Waals surface area contributed by atoms with Gasteiger partial charge in [-0.15, -0.1) is 0 Å². The van der Waals surface area contributed by atoms with Crippen molar-refractivity contribution in [3.63, 3.8) is 0 Å². The van der Waals surface area contributed by atoms with Crippen LogP contribution in [0.5, 0.6) is 0 Å². The van der Waals surface area contributed by atoms with Gasteiger partial charge in [0.25, 0.3) is 0 Å². The lowest BCUT2D eigenvalue weighted by Gasteiger charge is -2.39. The second kappa shape index (κ2) is 5.71. The quantitative estimate of drug-likeness (QED) is 0.742. The Labute approximate surface area is 106 Å². The van der Waals surface area contributed by atoms with E-state index in [1.165, 1.54) is 0 Å². The highest BCUT2D eigenvalue weighted by atomic mass is 16.7. The first-order valence-corrected chi connectivity index (χ1v) is 5.83. The molecule has 0 aromatic carbocycles. The van der Waals surface area contributed by atoms with Crippen molar-refractivity contribution in [1.29, 1.82) is 0 Å². The van der Waals surface area contributed by atoms with E-state index in [1.807, 2.05) is 0 Å². The summed E-state index contributed by atoms with van der Waals surface area (Å²) in [7, 11) is 3.12. The van der Waals surface area contributed by atoms with Crippen molar-refractivity contribution in [2.45, 2.75) is 18.1 Å². The number of hydrogen-bond acceptors (Lipinski definition) is 6. The number of aromatic nitrogens is 2. The van der Waals surface area contributed by atoms with Gasteiger partial charge >= 0.3 is 0 Å². The third-order valence-electron chi connectivity index (χ3n) is 3.17. The molecule has 1 fully saturated rings. The van der Waals surface area contributed by atoms with Crippen LogP contribution in [0.3, 0.4) is 0 Å². The molecule has 0 saturated carbocycles. The molecule has 6 heteroatoms. The van der Waals surface area contributed by atoms with Crippen molar-refractivity contribution in [2.75, 3.05) is 34.0 Å². The Kier molecular flexibility index (Phi) is 4.23. The van der Waals surface area contributed by atoms with Crippen LogP contribution in [0.1, 0.15) is 24.2 Å². The molecule has 0 unspecified atom stereocenters. The Bertz CT molecular complexity index is 391. The summed E-state index contributed by atoms with van der Waals surface area (Å²) in [4.78, 5) is 8.77. The molecule has 0 aliphatic carbocycles. The summed E-state index contributed by atoms with van der Waals surface area (Å²) in [6.07, 6.45) is 1.78. The number of methoxy groups -OCH3 is 2. The summed E-state index contributed by atoms with van der Waals surface area (Å²) in [5.74, 6) is 0.680. The molecule has 0 atom stereocenters. The van der Waals surface area contributed by atoms with Crippen molar-refractivity contribution >= 4 is 0 Å². The molecule has 0 spiro atoms. The van der Waals surface area contributed by atoms with E-state index in [4.69, 9.17) is 19.3 Å². The molecular weight excluding hydrogens is 236 g/mol. The number of aliphatic hydroxyl groups excluding tert-OH is 1. The highest BCUT2D eigenvalue weighted by Gasteiger charge is 2.42. The van der Waals surface area contributed by atoms with Gasteiger partial charge in [0.1, 0.15) is 5.82 Å². The zero-order valence-electron chi connectivity index (χ0n) is 10.6. The zero-order chi connectivity index (χ0) is 13.0. The lowest BCUT2D eigenvalue weighted by molar-refractivity contribution is -0.110. The summed E-state index contributed by atoms with van der Waals surface area (Å²) >= 11 is 0. The number of rotatable bonds is 6. The molecule has 0 amide bonds. The van der Waals surface area contributed by atoms with E-state index >= 15 is 0 Å². The van der Waals surface area contributed by atoms with Gasteiger partial charge in [0, 0.05) is 27.0 Å². The maximum Gasteiger partial charge on any atom is 0.200 e. The summed E-state index contributed by atoms with van der Waals surface area (Å²) in [6, 6.07) is 1.76. The van der Waals surface area contributed by atoms with Crippen LogP contribution >= 0.6 is 0 Å². The van der Waals surface area contributed by atoms with E-state index in [0.29, 0.717) is 31.2 Å². The summed E-state index contributed by atoms with van der Waals surface area (Å²) < 4.78 is 15.6. The number of aliphatic hydroxyl groups is 1. The van der Waals surface area contributed by atoms with Crippen LogP contribution in [0, 0.1) is 0 Å². The van der Waals surface area contributed by atoms with Gasteiger partial charge in [-0.2, -0.15) is 0 Å². The summed E-state index contributed by atoms with van der Waals surface area (Å²) in [5.41, 5.74) is 0.408.